The fourth-order valence-corrected chi connectivity index (χ4v) is 3.86. The van der Waals surface area contributed by atoms with Gasteiger partial charge in [0, 0.05) is 30.1 Å². The van der Waals surface area contributed by atoms with Gasteiger partial charge in [0.2, 0.25) is 0 Å². The molecule has 0 atom stereocenters. The smallest absolute Gasteiger partial charge is 0.406 e. The molecular weight excluding hydrogens is 371 g/mol. The molecular formula is C16H14F3N3O3S. The molecule has 6 nitrogen and oxygen atoms in total. The van der Waals surface area contributed by atoms with Gasteiger partial charge in [-0.3, -0.25) is 14.3 Å². The largest absolute Gasteiger partial charge is 0.573 e. The first-order valence-corrected chi connectivity index (χ1v) is 9.58. The highest BCUT2D eigenvalue weighted by atomic mass is 32.3. The van der Waals surface area contributed by atoms with Crippen molar-refractivity contribution in [3.63, 3.8) is 0 Å². The first kappa shape index (κ1) is 18.1. The first-order chi connectivity index (χ1) is 12.0. The van der Waals surface area contributed by atoms with Crippen LogP contribution in [-0.4, -0.2) is 31.3 Å². The topological polar surface area (TPSA) is 84.3 Å². The average Bonchev–Trinajstić information content (AvgIpc) is 2.53. The average molecular weight is 385 g/mol. The van der Waals surface area contributed by atoms with Crippen molar-refractivity contribution in [1.29, 1.82) is 0 Å². The number of halogens is 3. The normalized spacial score (nSPS) is 13.8. The van der Waals surface area contributed by atoms with Gasteiger partial charge in [-0.05, 0) is 24.3 Å². The molecule has 3 aromatic rings. The minimum Gasteiger partial charge on any atom is -0.406 e. The summed E-state index contributed by atoms with van der Waals surface area (Å²) in [4.78, 5) is 7.95. The number of benzene rings is 1. The van der Waals surface area contributed by atoms with E-state index in [1.165, 1.54) is 36.7 Å². The van der Waals surface area contributed by atoms with Gasteiger partial charge in [0.15, 0.2) is 5.03 Å². The molecule has 0 saturated carbocycles. The maximum atomic E-state index is 13.1. The second-order valence-electron chi connectivity index (χ2n) is 5.65. The molecule has 0 spiro atoms. The van der Waals surface area contributed by atoms with Crippen molar-refractivity contribution in [2.75, 3.05) is 11.0 Å². The maximum absolute atomic E-state index is 13.1. The molecule has 0 aliphatic carbocycles. The predicted octanol–water partition coefficient (Wildman–Crippen LogP) is 3.84. The third-order valence-corrected chi connectivity index (χ3v) is 5.32. The van der Waals surface area contributed by atoms with Crippen LogP contribution in [0.5, 0.6) is 5.75 Å². The van der Waals surface area contributed by atoms with E-state index in [1.807, 2.05) is 0 Å². The summed E-state index contributed by atoms with van der Waals surface area (Å²) in [5.41, 5.74) is 0.128. The van der Waals surface area contributed by atoms with Crippen molar-refractivity contribution in [1.82, 2.24) is 9.97 Å². The fraction of sp³-hybridized carbons (Fsp3) is 0.125. The molecule has 0 aliphatic heterocycles. The quantitative estimate of drug-likeness (QED) is 0.713. The van der Waals surface area contributed by atoms with Gasteiger partial charge in [-0.1, -0.05) is 21.7 Å². The van der Waals surface area contributed by atoms with Crippen molar-refractivity contribution in [2.24, 2.45) is 0 Å². The summed E-state index contributed by atoms with van der Waals surface area (Å²) in [6, 6.07) is 9.60. The standard InChI is InChI=1S/C16H14F3N3O3S/c1-26(23,24,14-6-2-3-7-20-14)22-13-10-12(25-16(17,18)19)9-11-5-4-8-21-15(11)13/h2-10H,1H3,(H2,22,23,24). The molecule has 2 N–H and O–H groups in total. The Morgan fingerprint density at radius 1 is 1.12 bits per heavy atom. The molecule has 0 aliphatic rings. The lowest BCUT2D eigenvalue weighted by Crippen LogP contribution is -2.40. The number of alkyl halides is 3. The molecule has 138 valence electrons. The van der Waals surface area contributed by atoms with E-state index >= 15 is 0 Å². The van der Waals surface area contributed by atoms with E-state index in [1.54, 1.807) is 6.07 Å². The second kappa shape index (κ2) is 5.92. The molecule has 0 radical (unpaired) electrons. The molecule has 2 heterocycles. The zero-order valence-electron chi connectivity index (χ0n) is 13.4. The SMILES string of the molecule is CS(=O)(O)(Nc1cc(OC(F)(F)F)cc2cccnc12)c1ccccn1. The summed E-state index contributed by atoms with van der Waals surface area (Å²) in [5, 5.41) is 0.150. The number of nitrogens with zero attached hydrogens (tertiary/aromatic N) is 2. The maximum Gasteiger partial charge on any atom is 0.573 e. The highest BCUT2D eigenvalue weighted by Crippen LogP contribution is 2.36. The van der Waals surface area contributed by atoms with Gasteiger partial charge in [-0.2, -0.15) is 4.21 Å². The first-order valence-electron chi connectivity index (χ1n) is 7.25. The number of ether oxygens (including phenoxy) is 1. The Morgan fingerprint density at radius 3 is 2.50 bits per heavy atom. The van der Waals surface area contributed by atoms with E-state index in [0.717, 1.165) is 18.4 Å². The fourth-order valence-electron chi connectivity index (χ4n) is 2.38. The summed E-state index contributed by atoms with van der Waals surface area (Å²) < 4.78 is 67.9. The lowest BCUT2D eigenvalue weighted by Gasteiger charge is -2.39. The number of nitrogens with one attached hydrogen (secondary N) is 1. The summed E-state index contributed by atoms with van der Waals surface area (Å²) in [6.45, 7) is 0. The minimum atomic E-state index is -4.90. The lowest BCUT2D eigenvalue weighted by molar-refractivity contribution is -0.274. The Labute approximate surface area is 146 Å². The van der Waals surface area contributed by atoms with E-state index < -0.39 is 21.6 Å². The summed E-state index contributed by atoms with van der Waals surface area (Å²) in [6.07, 6.45) is -1.13. The van der Waals surface area contributed by atoms with Gasteiger partial charge < -0.3 is 4.74 Å². The van der Waals surface area contributed by atoms with Crippen LogP contribution in [0.25, 0.3) is 10.9 Å². The Morgan fingerprint density at radius 2 is 1.85 bits per heavy atom. The van der Waals surface area contributed by atoms with Gasteiger partial charge in [0.25, 0.3) is 0 Å². The van der Waals surface area contributed by atoms with E-state index in [9.17, 15) is 21.9 Å². The molecule has 10 heteroatoms. The Bertz CT molecular complexity index is 1020. The van der Waals surface area contributed by atoms with Crippen molar-refractivity contribution >= 4 is 26.1 Å². The van der Waals surface area contributed by atoms with Crippen molar-refractivity contribution in [2.45, 2.75) is 11.4 Å². The number of pyridine rings is 2. The van der Waals surface area contributed by atoms with Crippen LogP contribution in [0.1, 0.15) is 0 Å². The lowest BCUT2D eigenvalue weighted by atomic mass is 10.2. The van der Waals surface area contributed by atoms with Crippen molar-refractivity contribution < 1.29 is 26.7 Å². The highest BCUT2D eigenvalue weighted by molar-refractivity contribution is 8.15. The van der Waals surface area contributed by atoms with Crippen LogP contribution < -0.4 is 9.46 Å². The van der Waals surface area contributed by atoms with Crippen LogP contribution in [0.4, 0.5) is 18.9 Å². The molecule has 0 fully saturated rings. The van der Waals surface area contributed by atoms with Crippen molar-refractivity contribution in [3.05, 3.63) is 54.9 Å². The summed E-state index contributed by atoms with van der Waals surface area (Å²) in [5.74, 6) is -0.537. The van der Waals surface area contributed by atoms with Gasteiger partial charge >= 0.3 is 6.36 Å². The zero-order valence-corrected chi connectivity index (χ0v) is 14.2. The Hall–Kier alpha value is -2.72. The molecule has 0 bridgehead atoms. The van der Waals surface area contributed by atoms with Crippen LogP contribution in [-0.2, 0) is 9.53 Å². The molecule has 26 heavy (non-hydrogen) atoms. The van der Waals surface area contributed by atoms with E-state index in [-0.39, 0.29) is 16.2 Å². The van der Waals surface area contributed by atoms with Crippen LogP contribution in [0, 0.1) is 0 Å². The van der Waals surface area contributed by atoms with Crippen LogP contribution in [0.3, 0.4) is 0 Å². The second-order valence-corrected chi connectivity index (χ2v) is 8.84. The molecule has 2 aromatic heterocycles. The molecule has 3 rings (SSSR count). The summed E-state index contributed by atoms with van der Waals surface area (Å²) in [7, 11) is -4.71. The van der Waals surface area contributed by atoms with Gasteiger partial charge in [-0.15, -0.1) is 13.2 Å². The summed E-state index contributed by atoms with van der Waals surface area (Å²) >= 11 is 0. The highest BCUT2D eigenvalue weighted by Gasteiger charge is 2.32. The molecule has 1 aromatic carbocycles. The third-order valence-electron chi connectivity index (χ3n) is 3.39. The van der Waals surface area contributed by atoms with Crippen LogP contribution in [0.2, 0.25) is 0 Å². The Balaban J connectivity index is 2.13. The molecule has 0 unspecified atom stereocenters. The predicted molar refractivity (Wildman–Crippen MR) is 91.2 cm³/mol. The zero-order chi connectivity index (χ0) is 19.0. The number of aromatic nitrogens is 2. The van der Waals surface area contributed by atoms with Crippen molar-refractivity contribution in [3.8, 4) is 5.75 Å². The number of hydrogen-bond acceptors (Lipinski definition) is 4. The Kier molecular flexibility index (Phi) is 4.12. The molecule has 0 saturated heterocycles. The number of anilines is 1. The van der Waals surface area contributed by atoms with Gasteiger partial charge in [0.1, 0.15) is 5.75 Å². The van der Waals surface area contributed by atoms with E-state index in [0.29, 0.717) is 5.39 Å². The molecule has 0 amide bonds. The van der Waals surface area contributed by atoms with Crippen LogP contribution >= 0.6 is 0 Å². The number of rotatable bonds is 4. The van der Waals surface area contributed by atoms with Crippen LogP contribution in [0.15, 0.2) is 59.9 Å². The monoisotopic (exact) mass is 385 g/mol. The van der Waals surface area contributed by atoms with Gasteiger partial charge in [-0.25, -0.2) is 4.98 Å². The van der Waals surface area contributed by atoms with E-state index in [2.05, 4.69) is 19.4 Å². The number of hydrogen-bond donors (Lipinski definition) is 2. The van der Waals surface area contributed by atoms with Gasteiger partial charge in [0.05, 0.1) is 11.2 Å². The minimum absolute atomic E-state index is 0.0880. The third kappa shape index (κ3) is 3.92. The number of fused-ring (bicyclic) bond motifs is 1. The van der Waals surface area contributed by atoms with E-state index in [4.69, 9.17) is 0 Å².